The van der Waals surface area contributed by atoms with E-state index in [1.54, 1.807) is 23.8 Å². The molecule has 3 aliphatic heterocycles. The molecule has 2 aliphatic carbocycles. The Bertz CT molecular complexity index is 903. The van der Waals surface area contributed by atoms with Gasteiger partial charge in [-0.15, -0.1) is 11.8 Å². The zero-order valence-corrected chi connectivity index (χ0v) is 21.7. The second kappa shape index (κ2) is 10.4. The number of carbonyl (C=O) groups excluding carboxylic acids is 2. The molecule has 2 saturated carbocycles. The third kappa shape index (κ3) is 5.24. The Balaban J connectivity index is 1.20. The Hall–Kier alpha value is -1.48. The van der Waals surface area contributed by atoms with Crippen LogP contribution in [0.3, 0.4) is 0 Å². The maximum atomic E-state index is 13.5. The zero-order chi connectivity index (χ0) is 25.6. The second-order valence-electron chi connectivity index (χ2n) is 11.3. The number of thioether (sulfide) groups is 1. The van der Waals surface area contributed by atoms with Crippen molar-refractivity contribution in [3.05, 3.63) is 0 Å². The standard InChI is InChI=1S/C25H37F2N5O3S/c1-13-7-15(16-8-14(10-28)3-4-20(16)35-2)17(11-29-13)22(33)31-24-30-19-5-6-32(12-21(19)36-24)23(34)18-9-25(18,26)27/h13-21,24,29-30H,3-9,11-12H2,1-2H3,(H,31,33). The summed E-state index contributed by atoms with van der Waals surface area (Å²) in [5, 5.41) is 19.7. The van der Waals surface area contributed by atoms with Crippen molar-refractivity contribution in [2.45, 2.75) is 80.3 Å². The molecular formula is C25H37F2N5O3S. The summed E-state index contributed by atoms with van der Waals surface area (Å²) in [6, 6.07) is 2.86. The average Bonchev–Trinajstić information content (AvgIpc) is 3.32. The van der Waals surface area contributed by atoms with Gasteiger partial charge in [-0.3, -0.25) is 14.9 Å². The Labute approximate surface area is 215 Å². The molecule has 3 N–H and O–H groups in total. The van der Waals surface area contributed by atoms with Crippen molar-refractivity contribution in [3.8, 4) is 6.07 Å². The first-order chi connectivity index (χ1) is 17.2. The molecule has 11 heteroatoms. The third-order valence-corrected chi connectivity index (χ3v) is 10.3. The van der Waals surface area contributed by atoms with E-state index in [1.807, 2.05) is 0 Å². The molecule has 200 valence electrons. The van der Waals surface area contributed by atoms with Gasteiger partial charge in [0, 0.05) is 56.4 Å². The summed E-state index contributed by atoms with van der Waals surface area (Å²) < 4.78 is 32.6. The molecule has 0 aromatic heterocycles. The van der Waals surface area contributed by atoms with Crippen molar-refractivity contribution >= 4 is 23.6 Å². The SMILES string of the molecule is COC1CCC(C#N)CC1C1CC(C)NCC1C(=O)NC1NC2CCN(C(=O)C3CC3(F)F)CC2S1. The number of hydrogen-bond acceptors (Lipinski definition) is 7. The van der Waals surface area contributed by atoms with E-state index in [0.29, 0.717) is 32.1 Å². The molecular weight excluding hydrogens is 488 g/mol. The molecule has 0 bridgehead atoms. The summed E-state index contributed by atoms with van der Waals surface area (Å²) in [5.74, 6) is -4.37. The highest BCUT2D eigenvalue weighted by Gasteiger charge is 2.62. The Morgan fingerprint density at radius 2 is 2.00 bits per heavy atom. The number of piperidine rings is 2. The number of carbonyl (C=O) groups is 2. The first kappa shape index (κ1) is 26.1. The van der Waals surface area contributed by atoms with Gasteiger partial charge in [0.25, 0.3) is 5.92 Å². The van der Waals surface area contributed by atoms with E-state index in [-0.39, 0.29) is 58.9 Å². The molecule has 0 aromatic rings. The number of alkyl halides is 2. The normalized spacial score (nSPS) is 43.8. The van der Waals surface area contributed by atoms with E-state index in [0.717, 1.165) is 25.7 Å². The fourth-order valence-electron chi connectivity index (χ4n) is 6.80. The lowest BCUT2D eigenvalue weighted by Crippen LogP contribution is -2.55. The Morgan fingerprint density at radius 3 is 2.69 bits per heavy atom. The van der Waals surface area contributed by atoms with Crippen LogP contribution >= 0.6 is 11.8 Å². The molecule has 3 heterocycles. The van der Waals surface area contributed by atoms with E-state index < -0.39 is 17.7 Å². The molecule has 10 atom stereocenters. The lowest BCUT2D eigenvalue weighted by atomic mass is 9.66. The molecule has 2 amide bonds. The fraction of sp³-hybridized carbons (Fsp3) is 0.880. The highest BCUT2D eigenvalue weighted by atomic mass is 32.2. The number of hydrogen-bond donors (Lipinski definition) is 3. The van der Waals surface area contributed by atoms with Gasteiger partial charge in [-0.2, -0.15) is 5.26 Å². The summed E-state index contributed by atoms with van der Waals surface area (Å²) >= 11 is 1.57. The topological polar surface area (TPSA) is 106 Å². The summed E-state index contributed by atoms with van der Waals surface area (Å²) in [5.41, 5.74) is -0.277. The quantitative estimate of drug-likeness (QED) is 0.504. The number of fused-ring (bicyclic) bond motifs is 1. The van der Waals surface area contributed by atoms with E-state index in [1.165, 1.54) is 0 Å². The van der Waals surface area contributed by atoms with Crippen LogP contribution < -0.4 is 16.0 Å². The maximum absolute atomic E-state index is 13.5. The first-order valence-corrected chi connectivity index (χ1v) is 14.2. The molecule has 5 fully saturated rings. The minimum atomic E-state index is -2.85. The lowest BCUT2D eigenvalue weighted by molar-refractivity contribution is -0.135. The van der Waals surface area contributed by atoms with Gasteiger partial charge in [0.05, 0.1) is 18.1 Å². The van der Waals surface area contributed by atoms with Crippen LogP contribution in [0.15, 0.2) is 0 Å². The summed E-state index contributed by atoms with van der Waals surface area (Å²) in [6.07, 6.45) is 3.72. The molecule has 0 spiro atoms. The van der Waals surface area contributed by atoms with Gasteiger partial charge in [0.2, 0.25) is 11.8 Å². The van der Waals surface area contributed by atoms with Crippen LogP contribution in [0.2, 0.25) is 0 Å². The van der Waals surface area contributed by atoms with Crippen molar-refractivity contribution in [2.75, 3.05) is 26.7 Å². The van der Waals surface area contributed by atoms with Crippen molar-refractivity contribution in [1.29, 1.82) is 5.26 Å². The zero-order valence-electron chi connectivity index (χ0n) is 20.9. The maximum Gasteiger partial charge on any atom is 0.260 e. The largest absolute Gasteiger partial charge is 0.381 e. The monoisotopic (exact) mass is 525 g/mol. The van der Waals surface area contributed by atoms with Gasteiger partial charge < -0.3 is 20.3 Å². The Kier molecular flexibility index (Phi) is 7.52. The highest BCUT2D eigenvalue weighted by molar-refractivity contribution is 8.00. The van der Waals surface area contributed by atoms with Crippen LogP contribution in [-0.2, 0) is 14.3 Å². The third-order valence-electron chi connectivity index (χ3n) is 8.98. The van der Waals surface area contributed by atoms with Gasteiger partial charge in [-0.05, 0) is 50.9 Å². The fourth-order valence-corrected chi connectivity index (χ4v) is 8.26. The van der Waals surface area contributed by atoms with Crippen LogP contribution in [-0.4, -0.2) is 78.3 Å². The van der Waals surface area contributed by atoms with Crippen LogP contribution in [0.4, 0.5) is 8.78 Å². The Morgan fingerprint density at radius 1 is 1.22 bits per heavy atom. The predicted octanol–water partition coefficient (Wildman–Crippen LogP) is 1.92. The summed E-state index contributed by atoms with van der Waals surface area (Å²) in [4.78, 5) is 27.6. The van der Waals surface area contributed by atoms with E-state index in [4.69, 9.17) is 4.74 Å². The molecule has 8 nitrogen and oxygen atoms in total. The van der Waals surface area contributed by atoms with Gasteiger partial charge in [0.15, 0.2) is 0 Å². The van der Waals surface area contributed by atoms with Crippen molar-refractivity contribution in [3.63, 3.8) is 0 Å². The molecule has 5 aliphatic rings. The van der Waals surface area contributed by atoms with E-state index in [2.05, 4.69) is 28.9 Å². The smallest absolute Gasteiger partial charge is 0.260 e. The number of nitrogens with one attached hydrogen (secondary N) is 3. The number of ether oxygens (including phenoxy) is 1. The number of amides is 2. The van der Waals surface area contributed by atoms with Crippen LogP contribution in [0.1, 0.15) is 45.4 Å². The second-order valence-corrected chi connectivity index (χ2v) is 12.7. The highest BCUT2D eigenvalue weighted by Crippen LogP contribution is 2.50. The van der Waals surface area contributed by atoms with Crippen molar-refractivity contribution in [2.24, 2.45) is 29.6 Å². The minimum absolute atomic E-state index is 0.00623. The van der Waals surface area contributed by atoms with Gasteiger partial charge in [0.1, 0.15) is 11.4 Å². The number of nitrogens with zero attached hydrogens (tertiary/aromatic N) is 2. The molecule has 36 heavy (non-hydrogen) atoms. The lowest BCUT2D eigenvalue weighted by Gasteiger charge is -2.44. The average molecular weight is 526 g/mol. The van der Waals surface area contributed by atoms with Crippen molar-refractivity contribution < 1.29 is 23.1 Å². The molecule has 10 unspecified atom stereocenters. The number of halogens is 2. The van der Waals surface area contributed by atoms with Gasteiger partial charge in [-0.25, -0.2) is 8.78 Å². The number of nitriles is 1. The van der Waals surface area contributed by atoms with Crippen molar-refractivity contribution in [1.82, 2.24) is 20.9 Å². The number of likely N-dealkylation sites (tertiary alicyclic amines) is 1. The molecule has 0 radical (unpaired) electrons. The first-order valence-electron chi connectivity index (χ1n) is 13.2. The molecule has 3 saturated heterocycles. The van der Waals surface area contributed by atoms with E-state index in [9.17, 15) is 23.6 Å². The summed E-state index contributed by atoms with van der Waals surface area (Å²) in [7, 11) is 1.73. The van der Waals surface area contributed by atoms with Crippen LogP contribution in [0, 0.1) is 40.9 Å². The van der Waals surface area contributed by atoms with Gasteiger partial charge >= 0.3 is 0 Å². The van der Waals surface area contributed by atoms with Crippen LogP contribution in [0.5, 0.6) is 0 Å². The minimum Gasteiger partial charge on any atom is -0.381 e. The van der Waals surface area contributed by atoms with Gasteiger partial charge in [-0.1, -0.05) is 0 Å². The predicted molar refractivity (Wildman–Crippen MR) is 131 cm³/mol. The van der Waals surface area contributed by atoms with Crippen LogP contribution in [0.25, 0.3) is 0 Å². The van der Waals surface area contributed by atoms with E-state index >= 15 is 0 Å². The molecule has 5 rings (SSSR count). The molecule has 0 aromatic carbocycles. The summed E-state index contributed by atoms with van der Waals surface area (Å²) in [6.45, 7) is 3.62. The number of methoxy groups -OCH3 is 1. The number of rotatable bonds is 5.